The monoisotopic (exact) mass is 931 g/mol. The van der Waals surface area contributed by atoms with Crippen molar-refractivity contribution in [3.05, 3.63) is 99.6 Å². The maximum Gasteiger partial charge on any atom is 0.407 e. The van der Waals surface area contributed by atoms with Gasteiger partial charge in [0.05, 0.1) is 59.2 Å². The first-order valence-corrected chi connectivity index (χ1v) is 22.3. The van der Waals surface area contributed by atoms with Crippen LogP contribution in [0.15, 0.2) is 65.6 Å². The molecule has 68 heavy (non-hydrogen) atoms. The van der Waals surface area contributed by atoms with Crippen molar-refractivity contribution in [3.63, 3.8) is 0 Å². The number of alkyl carbamates (subject to hydrolysis) is 1. The molecule has 0 radical (unpaired) electrons. The smallest absolute Gasteiger partial charge is 0.407 e. The summed E-state index contributed by atoms with van der Waals surface area (Å²) in [5.41, 5.74) is 3.43. The number of unbranched alkanes of at least 4 members (excludes halogenated alkanes) is 2. The molecular weight excluding hydrogens is 885 g/mol. The molecule has 1 saturated heterocycles. The molecule has 0 spiro atoms. The lowest BCUT2D eigenvalue weighted by Gasteiger charge is -2.27. The number of fused-ring (bicyclic) bond motifs is 4. The van der Waals surface area contributed by atoms with Crippen LogP contribution in [0.3, 0.4) is 0 Å². The molecule has 1 saturated carbocycles. The Morgan fingerprint density at radius 2 is 1.63 bits per heavy atom. The van der Waals surface area contributed by atoms with Gasteiger partial charge in [0.25, 0.3) is 17.7 Å². The summed E-state index contributed by atoms with van der Waals surface area (Å²) in [6.45, 7) is 0.779. The van der Waals surface area contributed by atoms with Gasteiger partial charge >= 0.3 is 11.8 Å². The van der Waals surface area contributed by atoms with Crippen LogP contribution in [0.25, 0.3) is 44.5 Å². The summed E-state index contributed by atoms with van der Waals surface area (Å²) in [4.78, 5) is 98.3. The van der Waals surface area contributed by atoms with Crippen molar-refractivity contribution in [2.75, 3.05) is 32.6 Å². The number of benzene rings is 3. The molecule has 5 N–H and O–H groups in total. The van der Waals surface area contributed by atoms with E-state index in [4.69, 9.17) is 9.47 Å². The minimum absolute atomic E-state index is 0.0133. The predicted octanol–water partition coefficient (Wildman–Crippen LogP) is 5.70. The molecule has 6 amide bonds. The van der Waals surface area contributed by atoms with Crippen LogP contribution in [-0.2, 0) is 21.4 Å². The third kappa shape index (κ3) is 8.19. The van der Waals surface area contributed by atoms with Crippen LogP contribution in [0.1, 0.15) is 88.5 Å². The summed E-state index contributed by atoms with van der Waals surface area (Å²) in [7, 11) is 4.28. The lowest BCUT2D eigenvalue weighted by atomic mass is 9.97. The van der Waals surface area contributed by atoms with Crippen LogP contribution in [0, 0.1) is 11.6 Å². The fourth-order valence-corrected chi connectivity index (χ4v) is 9.59. The van der Waals surface area contributed by atoms with Gasteiger partial charge in [0.1, 0.15) is 17.5 Å². The van der Waals surface area contributed by atoms with Crippen molar-refractivity contribution in [3.8, 4) is 28.1 Å². The molecule has 0 bridgehead atoms. The number of aryl methyl sites for hydroxylation is 1. The average molecular weight is 932 g/mol. The Hall–Kier alpha value is -7.90. The lowest BCUT2D eigenvalue weighted by Crippen LogP contribution is -2.54. The largest absolute Gasteiger partial charge is 0.494 e. The van der Waals surface area contributed by atoms with Crippen LogP contribution in [0.4, 0.5) is 19.3 Å². The Labute approximate surface area is 386 Å². The summed E-state index contributed by atoms with van der Waals surface area (Å²) < 4.78 is 44.7. The summed E-state index contributed by atoms with van der Waals surface area (Å²) in [5, 5.41) is 11.5. The van der Waals surface area contributed by atoms with Crippen LogP contribution < -0.4 is 31.7 Å². The van der Waals surface area contributed by atoms with Crippen molar-refractivity contribution >= 4 is 63.4 Å². The third-order valence-electron chi connectivity index (χ3n) is 13.0. The second-order valence-electron chi connectivity index (χ2n) is 17.1. The molecule has 20 heteroatoms. The van der Waals surface area contributed by atoms with Crippen molar-refractivity contribution in [2.24, 2.45) is 7.05 Å². The van der Waals surface area contributed by atoms with Crippen LogP contribution >= 0.6 is 0 Å². The molecular formula is C48H47F2N9O9. The number of H-pyrrole nitrogens is 1. The summed E-state index contributed by atoms with van der Waals surface area (Å²) in [5.74, 6) is -4.34. The van der Waals surface area contributed by atoms with Gasteiger partial charge in [-0.15, -0.1) is 0 Å². The second-order valence-corrected chi connectivity index (χ2v) is 17.1. The molecule has 2 aliphatic heterocycles. The Morgan fingerprint density at radius 1 is 0.868 bits per heavy atom. The number of hydrogen-bond acceptors (Lipinski definition) is 11. The zero-order chi connectivity index (χ0) is 48.0. The van der Waals surface area contributed by atoms with E-state index in [1.807, 2.05) is 0 Å². The van der Waals surface area contributed by atoms with E-state index in [0.29, 0.717) is 95.2 Å². The lowest BCUT2D eigenvalue weighted by molar-refractivity contribution is -0.136. The first-order chi connectivity index (χ1) is 32.8. The molecule has 2 fully saturated rings. The minimum Gasteiger partial charge on any atom is -0.494 e. The van der Waals surface area contributed by atoms with Crippen molar-refractivity contribution < 1.29 is 47.0 Å². The number of pyridine rings is 1. The number of methoxy groups -OCH3 is 2. The normalized spacial score (nSPS) is 18.0. The number of imidazole rings is 1. The molecule has 3 aromatic carbocycles. The molecule has 3 aliphatic rings. The van der Waals surface area contributed by atoms with E-state index in [1.54, 1.807) is 42.1 Å². The maximum atomic E-state index is 16.0. The number of carbonyl (C=O) groups excluding carboxylic acids is 6. The van der Waals surface area contributed by atoms with Gasteiger partial charge in [-0.3, -0.25) is 43.3 Å². The van der Waals surface area contributed by atoms with Gasteiger partial charge in [-0.1, -0.05) is 12.1 Å². The maximum absolute atomic E-state index is 16.0. The zero-order valence-electron chi connectivity index (χ0n) is 37.3. The molecule has 1 unspecified atom stereocenters. The highest BCUT2D eigenvalue weighted by atomic mass is 19.1. The molecule has 352 valence electrons. The number of aromatic amines is 1. The SMILES string of the molecule is COC(=O)N[C@@H]1CC[C@@H](n2c(=O)n(C)c3cnc4[nH]c(-c5ccc(C(=O)NCCCCCNc6ccc7c(c6)C(=O)N(C6CCC(=O)NC6=O)C7=O)c(F)c5)c(-c5ccc(OC)c(F)c5)c4c32)C1. The van der Waals surface area contributed by atoms with E-state index >= 15 is 8.78 Å². The minimum atomic E-state index is -1.05. The van der Waals surface area contributed by atoms with Gasteiger partial charge < -0.3 is 30.4 Å². The van der Waals surface area contributed by atoms with Gasteiger partial charge in [0, 0.05) is 55.5 Å². The Bertz CT molecular complexity index is 3140. The number of aromatic nitrogens is 4. The summed E-state index contributed by atoms with van der Waals surface area (Å²) >= 11 is 0. The van der Waals surface area contributed by atoms with Gasteiger partial charge in [-0.05, 0) is 93.0 Å². The fraction of sp³-hybridized carbons (Fsp3) is 0.333. The van der Waals surface area contributed by atoms with Crippen LogP contribution in [-0.4, -0.2) is 99.0 Å². The Kier molecular flexibility index (Phi) is 12.3. The van der Waals surface area contributed by atoms with E-state index in [9.17, 15) is 33.6 Å². The second kappa shape index (κ2) is 18.4. The summed E-state index contributed by atoms with van der Waals surface area (Å²) in [6.07, 6.45) is 4.70. The van der Waals surface area contributed by atoms with E-state index in [-0.39, 0.29) is 59.6 Å². The summed E-state index contributed by atoms with van der Waals surface area (Å²) in [6, 6.07) is 11.8. The number of halogens is 2. The number of amides is 6. The first-order valence-electron chi connectivity index (χ1n) is 22.3. The van der Waals surface area contributed by atoms with Crippen LogP contribution in [0.2, 0.25) is 0 Å². The predicted molar refractivity (Wildman–Crippen MR) is 244 cm³/mol. The van der Waals surface area contributed by atoms with E-state index < -0.39 is 53.3 Å². The highest BCUT2D eigenvalue weighted by Crippen LogP contribution is 2.43. The standard InChI is InChI=1S/C48H47F2N9O9/c1-57-35-23-53-42-39(41(35)58(48(57)66)28-11-9-27(21-28)54-47(65)68-3)38(24-8-15-36(67-2)33(50)19-24)40(56-42)25-7-12-30(32(49)20-25)43(61)52-18-6-4-5-17-51-26-10-13-29-31(22-26)46(64)59(45(29)63)34-14-16-37(60)55-44(34)62/h7-8,10,12-13,15,19-20,22-23,27-28,34,51H,4-6,9,11,14,16-18,21H2,1-3H3,(H,52,61)(H,53,56)(H,54,65)(H,55,60,62)/t27-,28-,34?/m1/s1. The molecule has 3 atom stereocenters. The van der Waals surface area contributed by atoms with Gasteiger partial charge in [0.2, 0.25) is 11.8 Å². The van der Waals surface area contributed by atoms with Gasteiger partial charge in [-0.2, -0.15) is 0 Å². The molecule has 1 aliphatic carbocycles. The molecule has 18 nitrogen and oxygen atoms in total. The zero-order valence-corrected chi connectivity index (χ0v) is 37.3. The van der Waals surface area contributed by atoms with Crippen molar-refractivity contribution in [1.82, 2.24) is 40.0 Å². The van der Waals surface area contributed by atoms with E-state index in [2.05, 4.69) is 31.2 Å². The highest BCUT2D eigenvalue weighted by Gasteiger charge is 2.44. The Balaban J connectivity index is 0.884. The number of nitrogens with one attached hydrogen (secondary N) is 5. The number of piperidine rings is 1. The van der Waals surface area contributed by atoms with Crippen LogP contribution in [0.5, 0.6) is 5.75 Å². The number of nitrogens with zero attached hydrogens (tertiary/aromatic N) is 4. The molecule has 3 aromatic heterocycles. The van der Waals surface area contributed by atoms with E-state index in [1.165, 1.54) is 49.1 Å². The van der Waals surface area contributed by atoms with Crippen molar-refractivity contribution in [2.45, 2.75) is 69.5 Å². The number of rotatable bonds is 14. The average Bonchev–Trinajstić information content (AvgIpc) is 4.07. The highest BCUT2D eigenvalue weighted by molar-refractivity contribution is 6.24. The number of anilines is 1. The van der Waals surface area contributed by atoms with Gasteiger partial charge in [0.15, 0.2) is 11.6 Å². The third-order valence-corrected chi connectivity index (χ3v) is 13.0. The number of ether oxygens (including phenoxy) is 2. The Morgan fingerprint density at radius 3 is 2.38 bits per heavy atom. The fourth-order valence-electron chi connectivity index (χ4n) is 9.59. The first kappa shape index (κ1) is 45.3. The molecule has 5 heterocycles. The molecule has 9 rings (SSSR count). The number of imide groups is 2. The molecule has 6 aromatic rings. The number of hydrogen-bond donors (Lipinski definition) is 5. The number of carbonyl (C=O) groups is 6. The van der Waals surface area contributed by atoms with Crippen molar-refractivity contribution in [1.29, 1.82) is 0 Å². The van der Waals surface area contributed by atoms with Gasteiger partial charge in [-0.25, -0.2) is 23.4 Å². The topological polar surface area (TPSA) is 228 Å². The quantitative estimate of drug-likeness (QED) is 0.0658. The van der Waals surface area contributed by atoms with E-state index in [0.717, 1.165) is 4.90 Å².